The Balaban J connectivity index is 0.00000205. The van der Waals surface area contributed by atoms with Crippen LogP contribution in [-0.2, 0) is 0 Å². The molecule has 1 aliphatic heterocycles. The van der Waals surface area contributed by atoms with Crippen molar-refractivity contribution < 1.29 is 0 Å². The molecule has 29 heavy (non-hydrogen) atoms. The van der Waals surface area contributed by atoms with Gasteiger partial charge in [-0.1, -0.05) is 48.5 Å². The molecule has 0 atom stereocenters. The minimum absolute atomic E-state index is 0. The molecule has 5 heteroatoms. The molecule has 1 aliphatic carbocycles. The average molecular weight is 399 g/mol. The molecule has 4 nitrogen and oxygen atoms in total. The lowest BCUT2D eigenvalue weighted by molar-refractivity contribution is 1.07. The number of anilines is 2. The van der Waals surface area contributed by atoms with Crippen molar-refractivity contribution >= 4 is 34.8 Å². The van der Waals surface area contributed by atoms with E-state index in [4.69, 9.17) is 10.4 Å². The Hall–Kier alpha value is -3.63. The summed E-state index contributed by atoms with van der Waals surface area (Å²) in [7, 11) is 0. The number of aromatic nitrogens is 2. The molecule has 0 spiro atoms. The van der Waals surface area contributed by atoms with Crippen molar-refractivity contribution in [3.63, 3.8) is 0 Å². The van der Waals surface area contributed by atoms with Crippen LogP contribution < -0.4 is 10.7 Å². The van der Waals surface area contributed by atoms with E-state index in [1.165, 1.54) is 0 Å². The van der Waals surface area contributed by atoms with Crippen LogP contribution in [0.2, 0.25) is 0 Å². The number of para-hydroxylation sites is 4. The monoisotopic (exact) mass is 398 g/mol. The Morgan fingerprint density at radius 1 is 0.759 bits per heavy atom. The number of rotatable bonds is 3. The first kappa shape index (κ1) is 18.7. The van der Waals surface area contributed by atoms with E-state index >= 15 is 0 Å². The molecule has 2 N–H and O–H groups in total. The third-order valence-corrected chi connectivity index (χ3v) is 4.79. The first-order valence-corrected chi connectivity index (χ1v) is 9.17. The van der Waals surface area contributed by atoms with Crippen LogP contribution in [0.5, 0.6) is 0 Å². The third-order valence-electron chi connectivity index (χ3n) is 4.79. The van der Waals surface area contributed by atoms with Gasteiger partial charge < -0.3 is 9.88 Å². The summed E-state index contributed by atoms with van der Waals surface area (Å²) in [4.78, 5) is 4.86. The van der Waals surface area contributed by atoms with Crippen molar-refractivity contribution in [2.24, 2.45) is 0 Å². The van der Waals surface area contributed by atoms with Gasteiger partial charge in [-0.15, -0.1) is 12.4 Å². The molecule has 0 aromatic heterocycles. The lowest BCUT2D eigenvalue weighted by Crippen LogP contribution is -2.13. The zero-order valence-electron chi connectivity index (χ0n) is 15.5. The highest BCUT2D eigenvalue weighted by Crippen LogP contribution is 2.30. The fraction of sp³-hybridized carbons (Fsp3) is 0. The number of nitrogens with one attached hydrogen (secondary N) is 2. The van der Waals surface area contributed by atoms with E-state index in [1.54, 1.807) is 0 Å². The fourth-order valence-corrected chi connectivity index (χ4v) is 3.49. The largest absolute Gasteiger partial charge is 0.354 e. The first-order chi connectivity index (χ1) is 13.8. The van der Waals surface area contributed by atoms with Crippen molar-refractivity contribution in [1.82, 2.24) is 9.55 Å². The molecule has 2 aliphatic rings. The van der Waals surface area contributed by atoms with E-state index < -0.39 is 0 Å². The van der Waals surface area contributed by atoms with E-state index in [9.17, 15) is 0 Å². The van der Waals surface area contributed by atoms with Crippen LogP contribution in [0.25, 0.3) is 28.1 Å². The molecule has 0 bridgehead atoms. The van der Waals surface area contributed by atoms with E-state index in [0.717, 1.165) is 39.5 Å². The molecule has 3 aromatic rings. The first-order valence-electron chi connectivity index (χ1n) is 9.17. The standard InChI is InChI=1S/C24H18N4.ClH/c25-19-15-24-22(16-21(19)26-17-9-3-1-4-10-17)27-20-13-7-8-14-23(20)28(24)18-11-5-2-6-12-18;/h1-16,25-26H;1H. The maximum atomic E-state index is 8.57. The van der Waals surface area contributed by atoms with Gasteiger partial charge in [-0.05, 0) is 48.5 Å². The summed E-state index contributed by atoms with van der Waals surface area (Å²) in [5.41, 5.74) is 6.43. The number of benzene rings is 4. The number of halogens is 1. The molecule has 0 amide bonds. The molecule has 0 unspecified atom stereocenters. The summed E-state index contributed by atoms with van der Waals surface area (Å²) in [5.74, 6) is 0. The highest BCUT2D eigenvalue weighted by Gasteiger charge is 2.15. The summed E-state index contributed by atoms with van der Waals surface area (Å²) in [6.07, 6.45) is 0. The van der Waals surface area contributed by atoms with Gasteiger partial charge in [-0.3, -0.25) is 5.41 Å². The number of hydrogen-bond donors (Lipinski definition) is 2. The molecule has 0 saturated heterocycles. The smallest absolute Gasteiger partial charge is 0.0900 e. The van der Waals surface area contributed by atoms with Crippen LogP contribution >= 0.6 is 12.4 Å². The van der Waals surface area contributed by atoms with E-state index in [0.29, 0.717) is 5.36 Å². The van der Waals surface area contributed by atoms with Crippen molar-refractivity contribution in [2.75, 3.05) is 5.32 Å². The van der Waals surface area contributed by atoms with Gasteiger partial charge in [-0.25, -0.2) is 4.98 Å². The van der Waals surface area contributed by atoms with E-state index in [2.05, 4.69) is 28.1 Å². The van der Waals surface area contributed by atoms with Gasteiger partial charge in [-0.2, -0.15) is 0 Å². The van der Waals surface area contributed by atoms with Gasteiger partial charge in [0.1, 0.15) is 0 Å². The molecule has 1 heterocycles. The summed E-state index contributed by atoms with van der Waals surface area (Å²) >= 11 is 0. The Bertz CT molecular complexity index is 1300. The number of hydrogen-bond acceptors (Lipinski definition) is 3. The summed E-state index contributed by atoms with van der Waals surface area (Å²) < 4.78 is 2.17. The van der Waals surface area contributed by atoms with Crippen LogP contribution in [0.1, 0.15) is 0 Å². The molecule has 0 radical (unpaired) electrons. The minimum Gasteiger partial charge on any atom is -0.354 e. The summed E-state index contributed by atoms with van der Waals surface area (Å²) in [6, 6.07) is 32.0. The predicted molar refractivity (Wildman–Crippen MR) is 121 cm³/mol. The lowest BCUT2D eigenvalue weighted by atomic mass is 10.1. The van der Waals surface area contributed by atoms with Crippen LogP contribution in [0.3, 0.4) is 0 Å². The number of fused-ring (bicyclic) bond motifs is 2. The van der Waals surface area contributed by atoms with Crippen molar-refractivity contribution in [1.29, 1.82) is 5.41 Å². The molecule has 0 saturated carbocycles. The van der Waals surface area contributed by atoms with Gasteiger partial charge in [0.2, 0.25) is 0 Å². The average Bonchev–Trinajstić information content (AvgIpc) is 2.74. The quantitative estimate of drug-likeness (QED) is 0.379. The van der Waals surface area contributed by atoms with Gasteiger partial charge in [0.05, 0.1) is 33.5 Å². The molecular formula is C24H19ClN4. The fourth-order valence-electron chi connectivity index (χ4n) is 3.49. The van der Waals surface area contributed by atoms with Crippen molar-refractivity contribution in [3.05, 3.63) is 102 Å². The second kappa shape index (κ2) is 7.78. The Labute approximate surface area is 174 Å². The molecule has 0 fully saturated rings. The maximum absolute atomic E-state index is 8.57. The highest BCUT2D eigenvalue weighted by atomic mass is 35.5. The minimum atomic E-state index is 0. The Kier molecular flexibility index (Phi) is 5.02. The van der Waals surface area contributed by atoms with Gasteiger partial charge >= 0.3 is 0 Å². The molecular weight excluding hydrogens is 380 g/mol. The normalized spacial score (nSPS) is 10.6. The van der Waals surface area contributed by atoms with Gasteiger partial charge in [0.25, 0.3) is 0 Å². The zero-order chi connectivity index (χ0) is 18.9. The third kappa shape index (κ3) is 3.46. The maximum Gasteiger partial charge on any atom is 0.0900 e. The molecule has 142 valence electrons. The summed E-state index contributed by atoms with van der Waals surface area (Å²) in [6.45, 7) is 0. The topological polar surface area (TPSA) is 53.7 Å². The Morgan fingerprint density at radius 2 is 1.41 bits per heavy atom. The Morgan fingerprint density at radius 3 is 2.17 bits per heavy atom. The highest BCUT2D eigenvalue weighted by molar-refractivity contribution is 5.85. The molecule has 5 rings (SSSR count). The van der Waals surface area contributed by atoms with Crippen molar-refractivity contribution in [2.45, 2.75) is 0 Å². The lowest BCUT2D eigenvalue weighted by Gasteiger charge is -2.20. The SMILES string of the molecule is Cl.N=c1cc2n(-c3ccccc3)c3ccccc3nc-2cc1Nc1ccccc1. The van der Waals surface area contributed by atoms with Crippen LogP contribution in [0.4, 0.5) is 11.4 Å². The van der Waals surface area contributed by atoms with Crippen LogP contribution in [0, 0.1) is 5.41 Å². The second-order valence-corrected chi connectivity index (χ2v) is 6.65. The van der Waals surface area contributed by atoms with Gasteiger partial charge in [0, 0.05) is 11.4 Å². The van der Waals surface area contributed by atoms with Crippen LogP contribution in [-0.4, -0.2) is 9.55 Å². The summed E-state index contributed by atoms with van der Waals surface area (Å²) in [5, 5.41) is 12.3. The second-order valence-electron chi connectivity index (χ2n) is 6.65. The van der Waals surface area contributed by atoms with E-state index in [1.807, 2.05) is 78.9 Å². The molecule has 3 aromatic carbocycles. The van der Waals surface area contributed by atoms with E-state index in [-0.39, 0.29) is 12.4 Å². The number of nitrogens with zero attached hydrogens (tertiary/aromatic N) is 2. The van der Waals surface area contributed by atoms with Crippen molar-refractivity contribution in [3.8, 4) is 17.1 Å². The zero-order valence-corrected chi connectivity index (χ0v) is 16.4. The predicted octanol–water partition coefficient (Wildman–Crippen LogP) is 5.78. The van der Waals surface area contributed by atoms with Crippen LogP contribution in [0.15, 0.2) is 97.1 Å². The van der Waals surface area contributed by atoms with Gasteiger partial charge in [0.15, 0.2) is 0 Å².